The van der Waals surface area contributed by atoms with Crippen LogP contribution in [0, 0.1) is 10.1 Å². The topological polar surface area (TPSA) is 116 Å². The van der Waals surface area contributed by atoms with Gasteiger partial charge >= 0.3 is 0 Å². The van der Waals surface area contributed by atoms with E-state index in [1.807, 2.05) is 0 Å². The van der Waals surface area contributed by atoms with Gasteiger partial charge in [0.1, 0.15) is 0 Å². The van der Waals surface area contributed by atoms with Crippen molar-refractivity contribution in [1.29, 1.82) is 0 Å². The summed E-state index contributed by atoms with van der Waals surface area (Å²) in [6, 6.07) is 5.32. The van der Waals surface area contributed by atoms with E-state index in [4.69, 9.17) is 10.5 Å². The van der Waals surface area contributed by atoms with Crippen molar-refractivity contribution in [2.75, 3.05) is 26.8 Å². The summed E-state index contributed by atoms with van der Waals surface area (Å²) < 4.78 is 32.1. The lowest BCUT2D eigenvalue weighted by atomic mass is 9.90. The Morgan fingerprint density at radius 3 is 2.50 bits per heavy atom. The van der Waals surface area contributed by atoms with Crippen LogP contribution in [0.15, 0.2) is 29.2 Å². The van der Waals surface area contributed by atoms with Crippen LogP contribution in [0.2, 0.25) is 0 Å². The number of hydrogen-bond acceptors (Lipinski definition) is 6. The molecule has 0 atom stereocenters. The molecule has 1 aliphatic rings. The van der Waals surface area contributed by atoms with Gasteiger partial charge in [0, 0.05) is 32.9 Å². The number of nitro groups is 1. The van der Waals surface area contributed by atoms with E-state index in [1.165, 1.54) is 35.6 Å². The number of para-hydroxylation sites is 1. The summed E-state index contributed by atoms with van der Waals surface area (Å²) in [5.74, 6) is 0. The molecule has 1 aromatic rings. The fourth-order valence-electron chi connectivity index (χ4n) is 2.63. The summed E-state index contributed by atoms with van der Waals surface area (Å²) in [5, 5.41) is 11.1. The summed E-state index contributed by atoms with van der Waals surface area (Å²) >= 11 is 0. The molecule has 0 aromatic heterocycles. The molecule has 0 saturated carbocycles. The van der Waals surface area contributed by atoms with Crippen molar-refractivity contribution in [3.63, 3.8) is 0 Å². The summed E-state index contributed by atoms with van der Waals surface area (Å²) in [6.07, 6.45) is 0.916. The number of nitro benzene ring substituents is 1. The molecular weight excluding hydrogens is 310 g/mol. The maximum absolute atomic E-state index is 12.8. The highest BCUT2D eigenvalue weighted by molar-refractivity contribution is 7.89. The van der Waals surface area contributed by atoms with Gasteiger partial charge in [0.05, 0.1) is 10.5 Å². The molecule has 0 bridgehead atoms. The molecule has 1 fully saturated rings. The normalized spacial score (nSPS) is 18.3. The van der Waals surface area contributed by atoms with Gasteiger partial charge in [-0.15, -0.1) is 0 Å². The van der Waals surface area contributed by atoms with Crippen LogP contribution in [0.1, 0.15) is 12.8 Å². The third-order valence-electron chi connectivity index (χ3n) is 4.17. The Balaban J connectivity index is 2.48. The highest BCUT2D eigenvalue weighted by Gasteiger charge is 2.43. The van der Waals surface area contributed by atoms with Crippen LogP contribution < -0.4 is 5.73 Å². The molecule has 1 saturated heterocycles. The molecule has 9 heteroatoms. The van der Waals surface area contributed by atoms with E-state index in [-0.39, 0.29) is 11.4 Å². The van der Waals surface area contributed by atoms with Crippen LogP contribution in [-0.2, 0) is 14.8 Å². The first-order valence-corrected chi connectivity index (χ1v) is 8.29. The third-order valence-corrected chi connectivity index (χ3v) is 6.18. The predicted octanol–water partition coefficient (Wildman–Crippen LogP) is 0.723. The lowest BCUT2D eigenvalue weighted by Crippen LogP contribution is -2.57. The number of sulfonamides is 1. The zero-order valence-corrected chi connectivity index (χ0v) is 13.1. The zero-order valence-electron chi connectivity index (χ0n) is 12.3. The van der Waals surface area contributed by atoms with Crippen LogP contribution in [0.3, 0.4) is 0 Å². The second-order valence-electron chi connectivity index (χ2n) is 5.24. The van der Waals surface area contributed by atoms with Crippen molar-refractivity contribution in [3.8, 4) is 0 Å². The van der Waals surface area contributed by atoms with Crippen LogP contribution in [0.5, 0.6) is 0 Å². The molecule has 2 N–H and O–H groups in total. The van der Waals surface area contributed by atoms with Crippen molar-refractivity contribution in [2.45, 2.75) is 23.3 Å². The lowest BCUT2D eigenvalue weighted by molar-refractivity contribution is -0.387. The first kappa shape index (κ1) is 16.8. The van der Waals surface area contributed by atoms with Crippen molar-refractivity contribution in [3.05, 3.63) is 34.4 Å². The molecule has 1 heterocycles. The minimum Gasteiger partial charge on any atom is -0.381 e. The molecule has 0 aliphatic carbocycles. The zero-order chi connectivity index (χ0) is 16.4. The molecule has 1 aromatic carbocycles. The maximum atomic E-state index is 12.8. The number of benzene rings is 1. The Kier molecular flexibility index (Phi) is 4.81. The minimum atomic E-state index is -4.03. The Bertz CT molecular complexity index is 655. The predicted molar refractivity (Wildman–Crippen MR) is 79.9 cm³/mol. The summed E-state index contributed by atoms with van der Waals surface area (Å²) in [4.78, 5) is 10.1. The van der Waals surface area contributed by atoms with Gasteiger partial charge in [-0.3, -0.25) is 10.1 Å². The summed E-state index contributed by atoms with van der Waals surface area (Å²) in [7, 11) is -2.61. The number of hydrogen-bond donors (Lipinski definition) is 1. The molecule has 0 amide bonds. The molecule has 22 heavy (non-hydrogen) atoms. The number of rotatable bonds is 5. The average molecular weight is 329 g/mol. The van der Waals surface area contributed by atoms with E-state index in [0.717, 1.165) is 0 Å². The van der Waals surface area contributed by atoms with Gasteiger partial charge in [-0.1, -0.05) is 12.1 Å². The fraction of sp³-hybridized carbons (Fsp3) is 0.538. The molecule has 2 rings (SSSR count). The van der Waals surface area contributed by atoms with E-state index < -0.39 is 26.2 Å². The van der Waals surface area contributed by atoms with Crippen molar-refractivity contribution in [2.24, 2.45) is 5.73 Å². The van der Waals surface area contributed by atoms with Gasteiger partial charge < -0.3 is 10.5 Å². The van der Waals surface area contributed by atoms with Gasteiger partial charge in [0.15, 0.2) is 4.90 Å². The van der Waals surface area contributed by atoms with Crippen molar-refractivity contribution in [1.82, 2.24) is 4.31 Å². The van der Waals surface area contributed by atoms with E-state index in [2.05, 4.69) is 0 Å². The second kappa shape index (κ2) is 6.29. The standard InChI is InChI=1S/C13H19N3O5S/c1-15(13(10-14)6-8-21-9-7-13)22(19,20)12-5-3-2-4-11(12)16(17)18/h2-5H,6-10,14H2,1H3. The first-order valence-electron chi connectivity index (χ1n) is 6.85. The number of likely N-dealkylation sites (N-methyl/N-ethyl adjacent to an activating group) is 1. The van der Waals surface area contributed by atoms with Crippen LogP contribution in [-0.4, -0.2) is 50.0 Å². The molecule has 0 unspecified atom stereocenters. The molecule has 122 valence electrons. The molecule has 0 spiro atoms. The Labute approximate surface area is 129 Å². The Morgan fingerprint density at radius 1 is 1.36 bits per heavy atom. The Morgan fingerprint density at radius 2 is 1.95 bits per heavy atom. The molecule has 8 nitrogen and oxygen atoms in total. The monoisotopic (exact) mass is 329 g/mol. The van der Waals surface area contributed by atoms with Crippen molar-refractivity contribution < 1.29 is 18.1 Å². The minimum absolute atomic E-state index is 0.132. The molecular formula is C13H19N3O5S. The van der Waals surface area contributed by atoms with E-state index in [1.54, 1.807) is 0 Å². The van der Waals surface area contributed by atoms with Crippen LogP contribution in [0.4, 0.5) is 5.69 Å². The molecule has 0 radical (unpaired) electrons. The van der Waals surface area contributed by atoms with Gasteiger partial charge in [-0.05, 0) is 18.9 Å². The van der Waals surface area contributed by atoms with Gasteiger partial charge in [0.25, 0.3) is 5.69 Å². The summed E-state index contributed by atoms with van der Waals surface area (Å²) in [5.41, 5.74) is 4.60. The second-order valence-corrected chi connectivity index (χ2v) is 7.18. The maximum Gasteiger partial charge on any atom is 0.289 e. The van der Waals surface area contributed by atoms with Gasteiger partial charge in [-0.2, -0.15) is 4.31 Å². The number of nitrogens with zero attached hydrogens (tertiary/aromatic N) is 2. The van der Waals surface area contributed by atoms with Gasteiger partial charge in [0.2, 0.25) is 10.0 Å². The number of ether oxygens (including phenoxy) is 1. The fourth-order valence-corrected chi connectivity index (χ4v) is 4.35. The third kappa shape index (κ3) is 2.84. The Hall–Kier alpha value is -1.55. The van der Waals surface area contributed by atoms with Gasteiger partial charge in [-0.25, -0.2) is 8.42 Å². The van der Waals surface area contributed by atoms with Crippen LogP contribution >= 0.6 is 0 Å². The van der Waals surface area contributed by atoms with E-state index >= 15 is 0 Å². The number of nitrogens with two attached hydrogens (primary N) is 1. The summed E-state index contributed by atoms with van der Waals surface area (Å²) in [6.45, 7) is 0.953. The van der Waals surface area contributed by atoms with Crippen molar-refractivity contribution >= 4 is 15.7 Å². The highest BCUT2D eigenvalue weighted by Crippen LogP contribution is 2.33. The molecule has 1 aliphatic heterocycles. The van der Waals surface area contributed by atoms with Crippen LogP contribution in [0.25, 0.3) is 0 Å². The largest absolute Gasteiger partial charge is 0.381 e. The first-order chi connectivity index (χ1) is 10.3. The smallest absolute Gasteiger partial charge is 0.289 e. The van der Waals surface area contributed by atoms with E-state index in [9.17, 15) is 18.5 Å². The lowest BCUT2D eigenvalue weighted by Gasteiger charge is -2.42. The quantitative estimate of drug-likeness (QED) is 0.628. The average Bonchev–Trinajstić information content (AvgIpc) is 2.54. The SMILES string of the molecule is CN(C1(CN)CCOCC1)S(=O)(=O)c1ccccc1[N+](=O)[O-]. The van der Waals surface area contributed by atoms with E-state index in [0.29, 0.717) is 26.1 Å². The highest BCUT2D eigenvalue weighted by atomic mass is 32.2.